The maximum absolute atomic E-state index is 12.9. The fourth-order valence-corrected chi connectivity index (χ4v) is 12.1. The molecule has 25 nitrogen and oxygen atoms in total. The van der Waals surface area contributed by atoms with Crippen molar-refractivity contribution in [2.24, 2.45) is 71.0 Å². The molecule has 464 valence electrons. The SMILES string of the molecule is C.CNc1ccc(Oc2ccc(NC(=O)C3C(C(C)=O)C(C(=O)O)C3C(=O)O)cc2)cc1.Cc1ccc(Oc2ccc(N3C(=O)C4C5C(=O)N(C)C(=O)C5C4C3=O)cc2)cc1.Nc1ccc(Oc2ccc(N)cc2)cc1.O=C1OC(=O)C2C1C1C(=O)OC(=O)C21. The first-order valence-corrected chi connectivity index (χ1v) is 27.7. The normalized spacial score (nSPS) is 25.0. The predicted octanol–water partition coefficient (Wildman–Crippen LogP) is 6.74. The van der Waals surface area contributed by atoms with Crippen molar-refractivity contribution in [3.8, 4) is 34.5 Å². The smallest absolute Gasteiger partial charge is 0.318 e. The van der Waals surface area contributed by atoms with Gasteiger partial charge < -0.3 is 56.0 Å². The number of likely N-dealkylation sites (tertiary alicyclic amines) is 1. The van der Waals surface area contributed by atoms with Gasteiger partial charge in [-0.05, 0) is 147 Å². The second-order valence-corrected chi connectivity index (χ2v) is 21.9. The van der Waals surface area contributed by atoms with Crippen LogP contribution in [0.3, 0.4) is 0 Å². The van der Waals surface area contributed by atoms with Crippen molar-refractivity contribution in [3.05, 3.63) is 151 Å². The molecule has 4 saturated heterocycles. The van der Waals surface area contributed by atoms with Crippen molar-refractivity contribution in [2.75, 3.05) is 41.1 Å². The number of carboxylic acids is 2. The van der Waals surface area contributed by atoms with E-state index in [4.69, 9.17) is 25.7 Å². The third-order valence-electron chi connectivity index (χ3n) is 16.6. The van der Waals surface area contributed by atoms with Gasteiger partial charge in [-0.1, -0.05) is 25.1 Å². The number of esters is 4. The quantitative estimate of drug-likeness (QED) is 0.0301. The van der Waals surface area contributed by atoms with E-state index in [1.54, 1.807) is 84.9 Å². The van der Waals surface area contributed by atoms with E-state index in [1.807, 2.05) is 74.6 Å². The Kier molecular flexibility index (Phi) is 18.0. The Labute approximate surface area is 513 Å². The molecule has 13 rings (SSSR count). The van der Waals surface area contributed by atoms with Crippen molar-refractivity contribution in [1.82, 2.24) is 4.90 Å². The lowest BCUT2D eigenvalue weighted by Gasteiger charge is -2.45. The zero-order chi connectivity index (χ0) is 63.9. The number of rotatable bonds is 13. The molecule has 8 N–H and O–H groups in total. The molecular formula is C65H60N6O19. The number of hydrogen-bond donors (Lipinski definition) is 6. The maximum Gasteiger partial charge on any atom is 0.318 e. The monoisotopic (exact) mass is 1230 g/mol. The van der Waals surface area contributed by atoms with Gasteiger partial charge in [-0.25, -0.2) is 0 Å². The lowest BCUT2D eigenvalue weighted by Crippen LogP contribution is -2.60. The molecule has 0 bridgehead atoms. The van der Waals surface area contributed by atoms with Crippen molar-refractivity contribution in [3.63, 3.8) is 0 Å². The van der Waals surface area contributed by atoms with Crippen molar-refractivity contribution in [1.29, 1.82) is 0 Å². The van der Waals surface area contributed by atoms with Gasteiger partial charge in [-0.2, -0.15) is 0 Å². The summed E-state index contributed by atoms with van der Waals surface area (Å²) >= 11 is 0. The number of benzene rings is 6. The van der Waals surface area contributed by atoms with Crippen LogP contribution in [0.25, 0.3) is 0 Å². The van der Waals surface area contributed by atoms with Gasteiger partial charge in [-0.15, -0.1) is 0 Å². The van der Waals surface area contributed by atoms with Crippen molar-refractivity contribution in [2.45, 2.75) is 21.3 Å². The van der Waals surface area contributed by atoms with Crippen LogP contribution in [0, 0.1) is 77.9 Å². The van der Waals surface area contributed by atoms with Gasteiger partial charge in [0, 0.05) is 42.8 Å². The minimum atomic E-state index is -1.46. The fraction of sp³-hybridized carbons (Fsp3) is 0.262. The zero-order valence-electron chi connectivity index (χ0n) is 47.7. The molecule has 8 unspecified atom stereocenters. The van der Waals surface area contributed by atoms with Crippen LogP contribution in [0.15, 0.2) is 146 Å². The Morgan fingerprint density at radius 3 is 1.10 bits per heavy atom. The van der Waals surface area contributed by atoms with Gasteiger partial charge in [0.15, 0.2) is 0 Å². The number of aryl methyl sites for hydroxylation is 1. The highest BCUT2D eigenvalue weighted by Gasteiger charge is 2.74. The number of cyclic esters (lactones) is 4. The molecule has 90 heavy (non-hydrogen) atoms. The maximum atomic E-state index is 12.9. The summed E-state index contributed by atoms with van der Waals surface area (Å²) in [5.74, 6) is -15.9. The molecule has 3 saturated carbocycles. The molecule has 4 heterocycles. The topological polar surface area (TPSA) is 374 Å². The van der Waals surface area contributed by atoms with Crippen LogP contribution in [0.5, 0.6) is 34.5 Å². The molecule has 4 aliphatic heterocycles. The number of fused-ring (bicyclic) bond motifs is 8. The van der Waals surface area contributed by atoms with Gasteiger partial charge in [0.25, 0.3) is 0 Å². The highest BCUT2D eigenvalue weighted by atomic mass is 16.6. The Morgan fingerprint density at radius 1 is 0.444 bits per heavy atom. The lowest BCUT2D eigenvalue weighted by atomic mass is 9.55. The van der Waals surface area contributed by atoms with E-state index >= 15 is 0 Å². The molecule has 0 spiro atoms. The molecule has 0 radical (unpaired) electrons. The van der Waals surface area contributed by atoms with Crippen LogP contribution >= 0.6 is 0 Å². The Morgan fingerprint density at radius 2 is 0.756 bits per heavy atom. The summed E-state index contributed by atoms with van der Waals surface area (Å²) < 4.78 is 25.8. The van der Waals surface area contributed by atoms with Gasteiger partial charge in [0.05, 0.1) is 70.8 Å². The van der Waals surface area contributed by atoms with Gasteiger partial charge in [0.1, 0.15) is 40.3 Å². The summed E-state index contributed by atoms with van der Waals surface area (Å²) in [5.41, 5.74) is 15.4. The molecule has 5 amide bonds. The number of Topliss-reactive ketones (excluding diaryl/α,β-unsaturated/α-hetero) is 1. The summed E-state index contributed by atoms with van der Waals surface area (Å²) in [4.78, 5) is 144. The fourth-order valence-electron chi connectivity index (χ4n) is 12.1. The van der Waals surface area contributed by atoms with Crippen molar-refractivity contribution >= 4 is 99.6 Å². The minimum Gasteiger partial charge on any atom is -0.481 e. The molecule has 0 aromatic heterocycles. The second kappa shape index (κ2) is 25.6. The number of nitrogens with two attached hydrogens (primary N) is 2. The number of carboxylic acid groups (broad SMARTS) is 2. The van der Waals surface area contributed by atoms with E-state index in [9.17, 15) is 67.7 Å². The number of nitrogen functional groups attached to an aromatic ring is 2. The van der Waals surface area contributed by atoms with E-state index in [1.165, 1.54) is 7.05 Å². The van der Waals surface area contributed by atoms with E-state index in [2.05, 4.69) is 20.1 Å². The number of imide groups is 2. The average Bonchev–Trinajstić information content (AvgIpc) is 1.52. The number of amides is 5. The Bertz CT molecular complexity index is 3670. The first kappa shape index (κ1) is 63.3. The summed E-state index contributed by atoms with van der Waals surface area (Å²) in [7, 11) is 3.21. The standard InChI is InChI=1S/C22H22N2O7.C22H18N2O5.C12H12N2O.C8H4O6.CH4/c1-11(25)16-17(19(22(29)30)18(16)21(27)28)20(26)24-13-5-9-15(10-6-13)31-14-7-3-12(23-2)4-8-14;1-11-3-7-13(8-4-11)29-14-9-5-12(6-10-14)24-21(27)17-15-16(18(17)22(24)28)20(26)23(2)19(15)25;13-9-1-5-11(6-2-9)15-12-7-3-10(14)4-8-12;9-5-1-2(6(10)13-5)4-3(1)7(11)14-8(4)12;/h3-10,16-19,23H,1-2H3,(H,24,26)(H,27,28)(H,29,30);3-10,15-18H,1-2H3;1-8H,13-14H2;1-4H;1H4. The number of hydrogen-bond acceptors (Lipinski definition) is 20. The van der Waals surface area contributed by atoms with Crippen LogP contribution in [-0.4, -0.2) is 100 Å². The van der Waals surface area contributed by atoms with Gasteiger partial charge in [0.2, 0.25) is 29.5 Å². The predicted molar refractivity (Wildman–Crippen MR) is 318 cm³/mol. The number of ether oxygens (including phenoxy) is 5. The number of aliphatic carboxylic acids is 2. The van der Waals surface area contributed by atoms with Gasteiger partial charge >= 0.3 is 35.8 Å². The largest absolute Gasteiger partial charge is 0.481 e. The van der Waals surface area contributed by atoms with Crippen LogP contribution in [-0.2, 0) is 67.0 Å². The molecule has 6 aromatic rings. The van der Waals surface area contributed by atoms with Crippen LogP contribution in [0.4, 0.5) is 28.4 Å². The second-order valence-electron chi connectivity index (χ2n) is 21.9. The average molecular weight is 1230 g/mol. The highest BCUT2D eigenvalue weighted by Crippen LogP contribution is 2.57. The molecule has 25 heteroatoms. The van der Waals surface area contributed by atoms with Crippen molar-refractivity contribution < 1.29 is 91.4 Å². The molecular weight excluding hydrogens is 1170 g/mol. The summed E-state index contributed by atoms with van der Waals surface area (Å²) in [5, 5.41) is 24.2. The summed E-state index contributed by atoms with van der Waals surface area (Å²) in [6.45, 7) is 3.15. The molecule has 7 fully saturated rings. The van der Waals surface area contributed by atoms with Crippen LogP contribution in [0.1, 0.15) is 19.9 Å². The van der Waals surface area contributed by atoms with Crippen LogP contribution < -0.4 is 41.2 Å². The zero-order valence-corrected chi connectivity index (χ0v) is 47.7. The molecule has 3 aliphatic carbocycles. The van der Waals surface area contributed by atoms with E-state index in [0.717, 1.165) is 50.8 Å². The Balaban J connectivity index is 0.000000149. The van der Waals surface area contributed by atoms with E-state index < -0.39 is 130 Å². The third kappa shape index (κ3) is 12.1. The summed E-state index contributed by atoms with van der Waals surface area (Å²) in [6.07, 6.45) is 0. The number of nitrogens with zero attached hydrogens (tertiary/aromatic N) is 2. The number of carbonyl (C=O) groups excluding carboxylic acids is 10. The van der Waals surface area contributed by atoms with E-state index in [-0.39, 0.29) is 19.2 Å². The minimum absolute atomic E-state index is 0. The first-order valence-electron chi connectivity index (χ1n) is 27.7. The number of ketones is 1. The molecule has 8 atom stereocenters. The molecule has 7 aliphatic rings. The van der Waals surface area contributed by atoms with Crippen LogP contribution in [0.2, 0.25) is 0 Å². The third-order valence-corrected chi connectivity index (χ3v) is 16.6. The van der Waals surface area contributed by atoms with Gasteiger partial charge in [-0.3, -0.25) is 67.3 Å². The highest BCUT2D eigenvalue weighted by molar-refractivity contribution is 6.27. The van der Waals surface area contributed by atoms with E-state index in [0.29, 0.717) is 34.4 Å². The Hall–Kier alpha value is -11.2. The number of anilines is 5. The molecule has 6 aromatic carbocycles. The first-order chi connectivity index (χ1) is 42.4. The summed E-state index contributed by atoms with van der Waals surface area (Å²) in [6, 6.07) is 42.4. The number of nitrogens with one attached hydrogen (secondary N) is 2. The lowest BCUT2D eigenvalue weighted by molar-refractivity contribution is -0.179. The number of carbonyl (C=O) groups is 12.